The van der Waals surface area contributed by atoms with E-state index < -0.39 is 0 Å². The molecule has 4 nitrogen and oxygen atoms in total. The summed E-state index contributed by atoms with van der Waals surface area (Å²) in [5.41, 5.74) is 0. The average Bonchev–Trinajstić information content (AvgIpc) is 2.56. The number of nitrogens with zero attached hydrogens (tertiary/aromatic N) is 1. The van der Waals surface area contributed by atoms with Crippen LogP contribution in [0.25, 0.3) is 0 Å². The van der Waals surface area contributed by atoms with E-state index in [4.69, 9.17) is 4.74 Å². The van der Waals surface area contributed by atoms with E-state index in [2.05, 4.69) is 26.2 Å². The Bertz CT molecular complexity index is 435. The molecule has 18 heavy (non-hydrogen) atoms. The number of rotatable bonds is 2. The first-order valence-corrected chi connectivity index (χ1v) is 6.86. The number of halogens is 1. The highest BCUT2D eigenvalue weighted by atomic mass is 79.9. The zero-order valence-electron chi connectivity index (χ0n) is 10.7. The van der Waals surface area contributed by atoms with Gasteiger partial charge in [0.15, 0.2) is 0 Å². The molecule has 98 valence electrons. The molecule has 1 aliphatic rings. The van der Waals surface area contributed by atoms with E-state index >= 15 is 0 Å². The fraction of sp³-hybridized carbons (Fsp3) is 0.538. The van der Waals surface area contributed by atoms with Crippen LogP contribution in [0, 0.1) is 11.8 Å². The molecular weight excluding hydrogens is 296 g/mol. The van der Waals surface area contributed by atoms with Crippen LogP contribution in [0.1, 0.15) is 20.8 Å². The molecule has 4 unspecified atom stereocenters. The number of ether oxygens (including phenoxy) is 1. The number of carbonyl (C=O) groups excluding carboxylic acids is 1. The minimum absolute atomic E-state index is 0.0193. The molecule has 1 N–H and O–H groups in total. The lowest BCUT2D eigenvalue weighted by molar-refractivity contribution is -0.122. The van der Waals surface area contributed by atoms with Crippen LogP contribution in [0.4, 0.5) is 5.82 Å². The van der Waals surface area contributed by atoms with Crippen molar-refractivity contribution in [1.82, 2.24) is 4.98 Å². The molecule has 1 saturated heterocycles. The minimum Gasteiger partial charge on any atom is -0.374 e. The Hall–Kier alpha value is -0.940. The van der Waals surface area contributed by atoms with Crippen LogP contribution in [-0.4, -0.2) is 23.1 Å². The maximum absolute atomic E-state index is 12.2. The lowest BCUT2D eigenvalue weighted by Gasteiger charge is -2.17. The summed E-state index contributed by atoms with van der Waals surface area (Å²) in [5, 5.41) is 2.84. The fourth-order valence-electron chi connectivity index (χ4n) is 2.38. The maximum Gasteiger partial charge on any atom is 0.231 e. The third-order valence-corrected chi connectivity index (χ3v) is 3.99. The van der Waals surface area contributed by atoms with Gasteiger partial charge in [-0.15, -0.1) is 0 Å². The van der Waals surface area contributed by atoms with Gasteiger partial charge in [-0.2, -0.15) is 0 Å². The Morgan fingerprint density at radius 2 is 2.06 bits per heavy atom. The van der Waals surface area contributed by atoms with Crippen molar-refractivity contribution in [3.63, 3.8) is 0 Å². The van der Waals surface area contributed by atoms with E-state index in [1.807, 2.05) is 26.8 Å². The van der Waals surface area contributed by atoms with Crippen molar-refractivity contribution in [3.8, 4) is 0 Å². The number of pyridine rings is 1. The van der Waals surface area contributed by atoms with Gasteiger partial charge in [0.1, 0.15) is 5.82 Å². The largest absolute Gasteiger partial charge is 0.374 e. The van der Waals surface area contributed by atoms with Gasteiger partial charge in [0.2, 0.25) is 5.91 Å². The molecule has 1 aromatic rings. The van der Waals surface area contributed by atoms with Crippen molar-refractivity contribution in [2.75, 3.05) is 5.32 Å². The molecule has 1 aromatic heterocycles. The van der Waals surface area contributed by atoms with E-state index in [1.54, 1.807) is 12.3 Å². The van der Waals surface area contributed by atoms with Crippen LogP contribution < -0.4 is 5.32 Å². The summed E-state index contributed by atoms with van der Waals surface area (Å²) < 4.78 is 6.56. The van der Waals surface area contributed by atoms with Gasteiger partial charge in [-0.3, -0.25) is 4.79 Å². The SMILES string of the molecule is CC1OC(C)C(C(=O)Nc2ccc(Br)cn2)C1C. The molecule has 1 amide bonds. The van der Waals surface area contributed by atoms with Gasteiger partial charge in [0.05, 0.1) is 18.1 Å². The van der Waals surface area contributed by atoms with Gasteiger partial charge < -0.3 is 10.1 Å². The normalized spacial score (nSPS) is 31.3. The molecule has 0 spiro atoms. The highest BCUT2D eigenvalue weighted by Gasteiger charge is 2.41. The number of aromatic nitrogens is 1. The summed E-state index contributed by atoms with van der Waals surface area (Å²) in [6.45, 7) is 6.00. The first-order chi connectivity index (χ1) is 8.49. The maximum atomic E-state index is 12.2. The molecule has 1 fully saturated rings. The van der Waals surface area contributed by atoms with Crippen LogP contribution >= 0.6 is 15.9 Å². The summed E-state index contributed by atoms with van der Waals surface area (Å²) in [5.74, 6) is 0.650. The fourth-order valence-corrected chi connectivity index (χ4v) is 2.61. The van der Waals surface area contributed by atoms with Crippen molar-refractivity contribution in [2.45, 2.75) is 33.0 Å². The van der Waals surface area contributed by atoms with Crippen LogP contribution in [-0.2, 0) is 9.53 Å². The summed E-state index contributed by atoms with van der Waals surface area (Å²) in [6, 6.07) is 3.62. The number of hydrogen-bond acceptors (Lipinski definition) is 3. The van der Waals surface area contributed by atoms with Crippen molar-refractivity contribution in [3.05, 3.63) is 22.8 Å². The standard InChI is InChI=1S/C13H17BrN2O2/c1-7-8(2)18-9(3)12(7)13(17)16-11-5-4-10(14)6-15-11/h4-9,12H,1-3H3,(H,15,16,17). The third-order valence-electron chi connectivity index (χ3n) is 3.52. The van der Waals surface area contributed by atoms with Crippen molar-refractivity contribution in [2.24, 2.45) is 11.8 Å². The van der Waals surface area contributed by atoms with Gasteiger partial charge in [0.25, 0.3) is 0 Å². The number of anilines is 1. The number of nitrogens with one attached hydrogen (secondary N) is 1. The molecule has 2 rings (SSSR count). The highest BCUT2D eigenvalue weighted by Crippen LogP contribution is 2.32. The van der Waals surface area contributed by atoms with E-state index in [1.165, 1.54) is 0 Å². The molecular formula is C13H17BrN2O2. The first-order valence-electron chi connectivity index (χ1n) is 6.07. The van der Waals surface area contributed by atoms with Crippen molar-refractivity contribution in [1.29, 1.82) is 0 Å². The Kier molecular flexibility index (Phi) is 4.02. The number of amides is 1. The van der Waals surface area contributed by atoms with E-state index in [0.29, 0.717) is 5.82 Å². The molecule has 0 radical (unpaired) electrons. The number of hydrogen-bond donors (Lipinski definition) is 1. The van der Waals surface area contributed by atoms with Crippen molar-refractivity contribution >= 4 is 27.7 Å². The lowest BCUT2D eigenvalue weighted by atomic mass is 9.89. The molecule has 1 aliphatic heterocycles. The topological polar surface area (TPSA) is 51.2 Å². The second-order valence-electron chi connectivity index (χ2n) is 4.78. The second-order valence-corrected chi connectivity index (χ2v) is 5.70. The summed E-state index contributed by atoms with van der Waals surface area (Å²) in [6.07, 6.45) is 1.73. The molecule has 2 heterocycles. The van der Waals surface area contributed by atoms with Crippen LogP contribution in [0.5, 0.6) is 0 Å². The summed E-state index contributed by atoms with van der Waals surface area (Å²) >= 11 is 3.31. The third kappa shape index (κ3) is 2.72. The van der Waals surface area contributed by atoms with Gasteiger partial charge in [-0.25, -0.2) is 4.98 Å². The smallest absolute Gasteiger partial charge is 0.231 e. The zero-order chi connectivity index (χ0) is 13.3. The van der Waals surface area contributed by atoms with Crippen LogP contribution in [0.2, 0.25) is 0 Å². The number of carbonyl (C=O) groups is 1. The molecule has 0 saturated carbocycles. The van der Waals surface area contributed by atoms with Gasteiger partial charge >= 0.3 is 0 Å². The minimum atomic E-state index is -0.120. The van der Waals surface area contributed by atoms with Crippen LogP contribution in [0.15, 0.2) is 22.8 Å². The van der Waals surface area contributed by atoms with E-state index in [9.17, 15) is 4.79 Å². The van der Waals surface area contributed by atoms with E-state index in [0.717, 1.165) is 4.47 Å². The van der Waals surface area contributed by atoms with Crippen LogP contribution in [0.3, 0.4) is 0 Å². The Labute approximate surface area is 115 Å². The molecule has 0 bridgehead atoms. The average molecular weight is 313 g/mol. The summed E-state index contributed by atoms with van der Waals surface area (Å²) in [7, 11) is 0. The monoisotopic (exact) mass is 312 g/mol. The predicted molar refractivity (Wildman–Crippen MR) is 73.2 cm³/mol. The van der Waals surface area contributed by atoms with Gasteiger partial charge in [0, 0.05) is 10.7 Å². The predicted octanol–water partition coefficient (Wildman–Crippen LogP) is 2.84. The highest BCUT2D eigenvalue weighted by molar-refractivity contribution is 9.10. The van der Waals surface area contributed by atoms with Gasteiger partial charge in [-0.1, -0.05) is 6.92 Å². The Morgan fingerprint density at radius 1 is 1.33 bits per heavy atom. The van der Waals surface area contributed by atoms with Gasteiger partial charge in [-0.05, 0) is 47.8 Å². The summed E-state index contributed by atoms with van der Waals surface area (Å²) in [4.78, 5) is 16.4. The van der Waals surface area contributed by atoms with E-state index in [-0.39, 0.29) is 30.0 Å². The Balaban J connectivity index is 2.06. The zero-order valence-corrected chi connectivity index (χ0v) is 12.3. The molecule has 5 heteroatoms. The quantitative estimate of drug-likeness (QED) is 0.913. The van der Waals surface area contributed by atoms with Crippen molar-refractivity contribution < 1.29 is 9.53 Å². The second kappa shape index (κ2) is 5.36. The first kappa shape index (κ1) is 13.5. The molecule has 4 atom stereocenters. The molecule has 0 aliphatic carbocycles. The molecule has 0 aromatic carbocycles. The Morgan fingerprint density at radius 3 is 2.56 bits per heavy atom. The lowest BCUT2D eigenvalue weighted by Crippen LogP contribution is -2.32.